The van der Waals surface area contributed by atoms with Crippen molar-refractivity contribution in [2.75, 3.05) is 76.4 Å². The number of carbonyl (C=O) groups excluding carboxylic acids is 7. The van der Waals surface area contributed by atoms with Gasteiger partial charge in [-0.2, -0.15) is 0 Å². The Hall–Kier alpha value is -10.9. The number of hydrogen-bond donors (Lipinski definition) is 7. The zero-order valence-corrected chi connectivity index (χ0v) is 72.1. The van der Waals surface area contributed by atoms with Crippen LogP contribution >= 0.6 is 0 Å². The Balaban J connectivity index is 1.19. The molecule has 0 fully saturated rings. The topological polar surface area (TPSA) is 342 Å². The van der Waals surface area contributed by atoms with Crippen LogP contribution in [0.1, 0.15) is 149 Å². The van der Waals surface area contributed by atoms with Gasteiger partial charge in [0.15, 0.2) is 39.6 Å². The van der Waals surface area contributed by atoms with Gasteiger partial charge in [-0.1, -0.05) is 77.9 Å². The lowest BCUT2D eigenvalue weighted by molar-refractivity contribution is -0.137. The molecule has 626 valence electrons. The molecule has 31 heteroatoms. The van der Waals surface area contributed by atoms with Gasteiger partial charge < -0.3 is 108 Å². The van der Waals surface area contributed by atoms with Crippen LogP contribution < -0.4 is 79.8 Å². The Morgan fingerprint density at radius 2 is 0.923 bits per heavy atom. The van der Waals surface area contributed by atoms with E-state index in [-0.39, 0.29) is 112 Å². The highest BCUT2D eigenvalue weighted by Gasteiger charge is 2.49. The van der Waals surface area contributed by atoms with E-state index in [1.54, 1.807) is 120 Å². The van der Waals surface area contributed by atoms with Crippen molar-refractivity contribution >= 4 is 58.2 Å². The van der Waals surface area contributed by atoms with Crippen molar-refractivity contribution in [1.29, 1.82) is 0 Å². The predicted molar refractivity (Wildman–Crippen MR) is 439 cm³/mol. The fourth-order valence-corrected chi connectivity index (χ4v) is 16.0. The van der Waals surface area contributed by atoms with Crippen LogP contribution in [0.2, 0.25) is 36.3 Å². The molecule has 117 heavy (non-hydrogen) atoms. The van der Waals surface area contributed by atoms with Crippen molar-refractivity contribution in [3.05, 3.63) is 166 Å². The molecule has 7 N–H and O–H groups in total. The first-order chi connectivity index (χ1) is 55.3. The minimum atomic E-state index is -3.11. The van der Waals surface area contributed by atoms with Gasteiger partial charge in [-0.25, -0.2) is 4.79 Å². The number of amides is 7. The molecular weight excluding hydrogens is 1540 g/mol. The molecule has 0 radical (unpaired) electrons. The second-order valence-corrected chi connectivity index (χ2v) is 42.4. The number of benzene rings is 7. The van der Waals surface area contributed by atoms with Crippen molar-refractivity contribution in [3.63, 3.8) is 0 Å². The van der Waals surface area contributed by atoms with Crippen LogP contribution in [0.5, 0.6) is 69.0 Å². The third-order valence-corrected chi connectivity index (χ3v) is 30.7. The highest BCUT2D eigenvalue weighted by Crippen LogP contribution is 2.50. The fraction of sp³-hybridized carbons (Fsp3) is 0.430. The van der Waals surface area contributed by atoms with Crippen LogP contribution in [-0.2, 0) is 56.6 Å². The molecule has 7 amide bonds. The molecule has 17 bridgehead atoms. The van der Waals surface area contributed by atoms with Gasteiger partial charge in [-0.15, -0.1) is 0 Å². The first-order valence-corrected chi connectivity index (χ1v) is 44.2. The molecule has 0 unspecified atom stereocenters. The number of fused-ring (bicyclic) bond motifs is 14. The molecule has 0 spiro atoms. The summed E-state index contributed by atoms with van der Waals surface area (Å²) in [5.41, 5.74) is 1.43. The normalized spacial score (nSPS) is 20.5. The number of carbonyl (C=O) groups is 7. The molecule has 6 aliphatic rings. The van der Waals surface area contributed by atoms with E-state index in [0.29, 0.717) is 39.1 Å². The van der Waals surface area contributed by atoms with Gasteiger partial charge >= 0.3 is 6.09 Å². The average Bonchev–Trinajstić information content (AvgIpc) is 0.687. The molecule has 13 rings (SSSR count). The molecule has 6 aliphatic heterocycles. The molecule has 9 atom stereocenters. The lowest BCUT2D eigenvalue weighted by atomic mass is 9.89. The Labute approximate surface area is 683 Å². The maximum atomic E-state index is 16.9. The third kappa shape index (κ3) is 19.4. The number of alkyl carbamates (subject to hydrolysis) is 1. The Bertz CT molecular complexity index is 4870. The van der Waals surface area contributed by atoms with Crippen molar-refractivity contribution in [2.24, 2.45) is 0 Å². The summed E-state index contributed by atoms with van der Waals surface area (Å²) in [5, 5.41) is 20.0. The lowest BCUT2D eigenvalue weighted by Crippen LogP contribution is -2.57. The van der Waals surface area contributed by atoms with E-state index in [1.165, 1.54) is 79.1 Å². The monoisotopic (exact) mass is 1650 g/mol. The molecule has 0 aliphatic carbocycles. The van der Waals surface area contributed by atoms with Crippen LogP contribution in [-0.4, -0.2) is 152 Å². The van der Waals surface area contributed by atoms with Crippen LogP contribution in [0.25, 0.3) is 11.1 Å². The zero-order chi connectivity index (χ0) is 85.0. The number of ether oxygens (including phenoxy) is 13. The molecule has 0 saturated heterocycles. The standard InChI is InChI=1S/C86H107N7O22Si2/c1-46-61(105-15)38-51-39-62(46)112-63-37-50(27-33-60(63)104-14)69(93-83(100)113-84(2,3)4)78(95)92-73-75(115-117(20,21)86(8,9)10)48-24-30-54(31-25-48)111-66-41-52-40-65(76(66)107-17)110-53-28-22-47(23-29-53)74(114-116(18,19)85(5,6)7)72-81(98)87-58(44-109-45-108-35-34-101-11)56-42-55(102-12)43-64(106-16)67(56)57-36-49(26-32-59(57)103-13)68(77(94)91-72)88-79(96)71(52)89-80(97)70(51)90-82(73)99/h22-33,36-43,58,68-75H,34-35,44-45H2,1-21H3,(H,87,98)(H,88,96)(H,89,97)(H,90,99)(H,91,94)(H,92,95)(H,93,100)/t58-,68-,69-,70+,71-,72+,73-,74-,75-/m1/s1. The summed E-state index contributed by atoms with van der Waals surface area (Å²) < 4.78 is 94.9. The summed E-state index contributed by atoms with van der Waals surface area (Å²) in [6.45, 7) is 26.8. The summed E-state index contributed by atoms with van der Waals surface area (Å²) in [4.78, 5) is 113. The van der Waals surface area contributed by atoms with Crippen LogP contribution in [0, 0.1) is 6.92 Å². The van der Waals surface area contributed by atoms with Gasteiger partial charge in [0.05, 0.1) is 80.7 Å². The zero-order valence-electron chi connectivity index (χ0n) is 70.1. The average molecular weight is 1650 g/mol. The number of nitrogens with one attached hydrogen (secondary N) is 7. The molecule has 0 saturated carbocycles. The molecular formula is C86H107N7O22Si2. The first-order valence-electron chi connectivity index (χ1n) is 38.4. The van der Waals surface area contributed by atoms with Crippen LogP contribution in [0.4, 0.5) is 4.79 Å². The van der Waals surface area contributed by atoms with E-state index in [9.17, 15) is 4.79 Å². The quantitative estimate of drug-likeness (QED) is 0.0238. The Morgan fingerprint density at radius 1 is 0.444 bits per heavy atom. The van der Waals surface area contributed by atoms with Crippen molar-refractivity contribution < 1.29 is 104 Å². The highest BCUT2D eigenvalue weighted by atomic mass is 28.4. The maximum Gasteiger partial charge on any atom is 0.408 e. The summed E-state index contributed by atoms with van der Waals surface area (Å²) in [5.74, 6) is -4.28. The Kier molecular flexibility index (Phi) is 26.4. The van der Waals surface area contributed by atoms with Gasteiger partial charge in [0.1, 0.15) is 88.9 Å². The first kappa shape index (κ1) is 86.9. The minimum Gasteiger partial charge on any atom is -0.497 e. The van der Waals surface area contributed by atoms with Gasteiger partial charge in [0.25, 0.3) is 0 Å². The highest BCUT2D eigenvalue weighted by molar-refractivity contribution is 6.74. The van der Waals surface area contributed by atoms with Crippen molar-refractivity contribution in [1.82, 2.24) is 37.2 Å². The van der Waals surface area contributed by atoms with Crippen molar-refractivity contribution in [3.8, 4) is 80.1 Å². The van der Waals surface area contributed by atoms with Gasteiger partial charge in [0, 0.05) is 29.9 Å². The summed E-state index contributed by atoms with van der Waals surface area (Å²) in [7, 11) is 4.00. The van der Waals surface area contributed by atoms with E-state index >= 15 is 28.8 Å². The van der Waals surface area contributed by atoms with Crippen LogP contribution in [0.3, 0.4) is 0 Å². The van der Waals surface area contributed by atoms with Crippen molar-refractivity contribution in [2.45, 2.75) is 166 Å². The van der Waals surface area contributed by atoms with E-state index < -0.39 is 128 Å². The smallest absolute Gasteiger partial charge is 0.408 e. The largest absolute Gasteiger partial charge is 0.497 e. The van der Waals surface area contributed by atoms with Gasteiger partial charge in [0.2, 0.25) is 41.2 Å². The van der Waals surface area contributed by atoms with Gasteiger partial charge in [-0.3, -0.25) is 28.8 Å². The summed E-state index contributed by atoms with van der Waals surface area (Å²) in [6, 6.07) is 20.1. The number of rotatable bonds is 18. The van der Waals surface area contributed by atoms with E-state index in [1.807, 2.05) is 67.7 Å². The minimum absolute atomic E-state index is 0.00478. The SMILES string of the molecule is COCCOCOC[C@H]1NC(=O)[C@H]2NC(=O)[C@H](NC(=O)[C@@H]3NC(=O)[C@H]4NC(=O)[C@H](NC(=O)[C@H](NC(=O)OC(C)(C)C)c5ccc(OC)c(c5)Oc5cc4cc(OC)c5C)[C@H](O[Si](C)(C)C(C)(C)C)c4ccc(cc4)Oc4cc3cc(c4OC)Oc3ccc(cc3)[C@H]2O[Si](C)(C)C(C)(C)C)c2ccc(OC)c(c2)-c2c(OC)cc(OC)cc21. The second-order valence-electron chi connectivity index (χ2n) is 32.9. The fourth-order valence-electron chi connectivity index (χ4n) is 13.5. The van der Waals surface area contributed by atoms with E-state index in [2.05, 4.69) is 37.2 Å². The molecule has 7 aromatic carbocycles. The Morgan fingerprint density at radius 3 is 1.44 bits per heavy atom. The van der Waals surface area contributed by atoms with E-state index in [4.69, 9.17) is 70.4 Å². The molecule has 6 heterocycles. The maximum absolute atomic E-state index is 16.9. The second kappa shape index (κ2) is 35.5. The molecule has 7 aromatic rings. The number of hydrogen-bond acceptors (Lipinski definition) is 22. The third-order valence-electron chi connectivity index (χ3n) is 21.8. The summed E-state index contributed by atoms with van der Waals surface area (Å²) in [6.07, 6.45) is -3.69. The van der Waals surface area contributed by atoms with Crippen LogP contribution in [0.15, 0.2) is 121 Å². The molecule has 0 aromatic heterocycles. The predicted octanol–water partition coefficient (Wildman–Crippen LogP) is 13.5. The molecule has 29 nitrogen and oxygen atoms in total. The number of methoxy groups -OCH3 is 7. The summed E-state index contributed by atoms with van der Waals surface area (Å²) >= 11 is 0. The van der Waals surface area contributed by atoms with Gasteiger partial charge in [-0.05, 0) is 182 Å². The van der Waals surface area contributed by atoms with E-state index in [0.717, 1.165) is 0 Å². The lowest BCUT2D eigenvalue weighted by Gasteiger charge is -2.42.